The van der Waals surface area contributed by atoms with Crippen LogP contribution < -0.4 is 5.32 Å². The fourth-order valence-corrected chi connectivity index (χ4v) is 2.65. The maximum Gasteiger partial charge on any atom is 0.276 e. The molecule has 1 N–H and O–H groups in total. The van der Waals surface area contributed by atoms with Gasteiger partial charge in [0.2, 0.25) is 5.91 Å². The number of aryl methyl sites for hydroxylation is 2. The smallest absolute Gasteiger partial charge is 0.276 e. The lowest BCUT2D eigenvalue weighted by molar-refractivity contribution is -0.123. The van der Waals surface area contributed by atoms with Gasteiger partial charge in [0, 0.05) is 29.3 Å². The molecule has 2 heterocycles. The highest BCUT2D eigenvalue weighted by Crippen LogP contribution is 2.23. The summed E-state index contributed by atoms with van der Waals surface area (Å²) in [4.78, 5) is 25.9. The number of benzene rings is 1. The second-order valence-electron chi connectivity index (χ2n) is 5.68. The summed E-state index contributed by atoms with van der Waals surface area (Å²) < 4.78 is 5.90. The van der Waals surface area contributed by atoms with E-state index in [0.29, 0.717) is 18.8 Å². The minimum atomic E-state index is -0.203. The van der Waals surface area contributed by atoms with Gasteiger partial charge in [0.05, 0.1) is 5.92 Å². The number of rotatable bonds is 3. The van der Waals surface area contributed by atoms with Crippen LogP contribution in [-0.4, -0.2) is 35.0 Å². The van der Waals surface area contributed by atoms with Crippen molar-refractivity contribution in [1.29, 1.82) is 0 Å². The van der Waals surface area contributed by atoms with Gasteiger partial charge in [0.25, 0.3) is 5.91 Å². The predicted molar refractivity (Wildman–Crippen MR) is 88.1 cm³/mol. The van der Waals surface area contributed by atoms with Gasteiger partial charge in [-0.25, -0.2) is 0 Å². The van der Waals surface area contributed by atoms with Crippen LogP contribution in [0.1, 0.15) is 21.8 Å². The van der Waals surface area contributed by atoms with E-state index in [1.807, 2.05) is 25.1 Å². The van der Waals surface area contributed by atoms with Gasteiger partial charge in [-0.3, -0.25) is 9.59 Å². The highest BCUT2D eigenvalue weighted by Gasteiger charge is 2.37. The largest absolute Gasteiger partial charge is 0.361 e. The molecule has 0 bridgehead atoms. The molecule has 1 saturated heterocycles. The SMILES string of the molecule is Cc1cc(C(=O)N2CC(C(=O)Nc3ccc(Br)c(C)c3)C2)no1. The van der Waals surface area contributed by atoms with Gasteiger partial charge in [-0.05, 0) is 37.6 Å². The van der Waals surface area contributed by atoms with Gasteiger partial charge < -0.3 is 14.7 Å². The van der Waals surface area contributed by atoms with Crippen molar-refractivity contribution in [2.24, 2.45) is 5.92 Å². The van der Waals surface area contributed by atoms with E-state index in [2.05, 4.69) is 26.4 Å². The number of aromatic nitrogens is 1. The topological polar surface area (TPSA) is 75.4 Å². The van der Waals surface area contributed by atoms with Crippen molar-refractivity contribution in [2.75, 3.05) is 18.4 Å². The molecule has 2 amide bonds. The summed E-state index contributed by atoms with van der Waals surface area (Å²) in [5.74, 6) is 0.113. The molecule has 6 nitrogen and oxygen atoms in total. The van der Waals surface area contributed by atoms with Gasteiger partial charge in [-0.1, -0.05) is 21.1 Å². The molecule has 23 heavy (non-hydrogen) atoms. The highest BCUT2D eigenvalue weighted by molar-refractivity contribution is 9.10. The third-order valence-electron chi connectivity index (χ3n) is 3.81. The number of halogens is 1. The zero-order chi connectivity index (χ0) is 16.6. The fourth-order valence-electron chi connectivity index (χ4n) is 2.41. The van der Waals surface area contributed by atoms with E-state index in [0.717, 1.165) is 15.7 Å². The predicted octanol–water partition coefficient (Wildman–Crippen LogP) is 2.76. The Bertz CT molecular complexity index is 766. The lowest BCUT2D eigenvalue weighted by Gasteiger charge is -2.37. The van der Waals surface area contributed by atoms with E-state index in [4.69, 9.17) is 4.52 Å². The Balaban J connectivity index is 1.55. The fraction of sp³-hybridized carbons (Fsp3) is 0.312. The maximum atomic E-state index is 12.2. The summed E-state index contributed by atoms with van der Waals surface area (Å²) in [5, 5.41) is 6.59. The number of anilines is 1. The summed E-state index contributed by atoms with van der Waals surface area (Å²) in [6.45, 7) is 4.48. The molecule has 1 fully saturated rings. The lowest BCUT2D eigenvalue weighted by Crippen LogP contribution is -2.54. The Labute approximate surface area is 142 Å². The zero-order valence-electron chi connectivity index (χ0n) is 12.8. The molecule has 3 rings (SSSR count). The van der Waals surface area contributed by atoms with E-state index in [1.165, 1.54) is 0 Å². The van der Waals surface area contributed by atoms with Gasteiger partial charge in [-0.2, -0.15) is 0 Å². The molecule has 2 aromatic rings. The van der Waals surface area contributed by atoms with Crippen LogP contribution in [-0.2, 0) is 4.79 Å². The minimum absolute atomic E-state index is 0.0768. The van der Waals surface area contributed by atoms with Crippen LogP contribution in [0.5, 0.6) is 0 Å². The Morgan fingerprint density at radius 2 is 2.04 bits per heavy atom. The summed E-state index contributed by atoms with van der Waals surface area (Å²) >= 11 is 3.43. The number of likely N-dealkylation sites (tertiary alicyclic amines) is 1. The number of nitrogens with one attached hydrogen (secondary N) is 1. The summed E-state index contributed by atoms with van der Waals surface area (Å²) in [7, 11) is 0. The van der Waals surface area contributed by atoms with E-state index >= 15 is 0 Å². The van der Waals surface area contributed by atoms with Crippen LogP contribution in [0, 0.1) is 19.8 Å². The number of carbonyl (C=O) groups excluding carboxylic acids is 2. The average molecular weight is 378 g/mol. The van der Waals surface area contributed by atoms with Gasteiger partial charge in [-0.15, -0.1) is 0 Å². The molecule has 0 saturated carbocycles. The molecule has 0 spiro atoms. The standard InChI is InChI=1S/C16H16BrN3O3/c1-9-5-12(3-4-13(9)17)18-15(21)11-7-20(8-11)16(22)14-6-10(2)23-19-14/h3-6,11H,7-8H2,1-2H3,(H,18,21). The average Bonchev–Trinajstić information content (AvgIpc) is 2.88. The van der Waals surface area contributed by atoms with Gasteiger partial charge >= 0.3 is 0 Å². The first kappa shape index (κ1) is 15.7. The van der Waals surface area contributed by atoms with E-state index in [9.17, 15) is 9.59 Å². The molecule has 1 aromatic carbocycles. The highest BCUT2D eigenvalue weighted by atomic mass is 79.9. The Morgan fingerprint density at radius 1 is 1.30 bits per heavy atom. The van der Waals surface area contributed by atoms with Crippen LogP contribution >= 0.6 is 15.9 Å². The molecule has 0 atom stereocenters. The quantitative estimate of drug-likeness (QED) is 0.891. The van der Waals surface area contributed by atoms with Crippen LogP contribution in [0.25, 0.3) is 0 Å². The van der Waals surface area contributed by atoms with Gasteiger partial charge in [0.1, 0.15) is 5.76 Å². The van der Waals surface area contributed by atoms with Crippen molar-refractivity contribution < 1.29 is 14.1 Å². The Kier molecular flexibility index (Phi) is 4.21. The van der Waals surface area contributed by atoms with E-state index < -0.39 is 0 Å². The number of hydrogen-bond acceptors (Lipinski definition) is 4. The normalized spacial score (nSPS) is 14.5. The molecule has 120 valence electrons. The summed E-state index contributed by atoms with van der Waals surface area (Å²) in [6, 6.07) is 7.24. The third kappa shape index (κ3) is 3.29. The van der Waals surface area contributed by atoms with Gasteiger partial charge in [0.15, 0.2) is 5.69 Å². The molecule has 0 radical (unpaired) electrons. The molecule has 7 heteroatoms. The first-order chi connectivity index (χ1) is 10.9. The Morgan fingerprint density at radius 3 is 2.65 bits per heavy atom. The first-order valence-electron chi connectivity index (χ1n) is 7.23. The van der Waals surface area contributed by atoms with Crippen molar-refractivity contribution >= 4 is 33.4 Å². The van der Waals surface area contributed by atoms with Crippen LogP contribution in [0.2, 0.25) is 0 Å². The number of nitrogens with zero attached hydrogens (tertiary/aromatic N) is 2. The number of amides is 2. The molecule has 1 aliphatic rings. The second-order valence-corrected chi connectivity index (χ2v) is 6.54. The van der Waals surface area contributed by atoms with E-state index in [1.54, 1.807) is 17.9 Å². The second kappa shape index (κ2) is 6.16. The van der Waals surface area contributed by atoms with Crippen LogP contribution in [0.4, 0.5) is 5.69 Å². The van der Waals surface area contributed by atoms with E-state index in [-0.39, 0.29) is 23.4 Å². The lowest BCUT2D eigenvalue weighted by atomic mass is 9.98. The first-order valence-corrected chi connectivity index (χ1v) is 8.03. The van der Waals surface area contributed by atoms with Crippen molar-refractivity contribution in [3.63, 3.8) is 0 Å². The Hall–Kier alpha value is -2.15. The number of carbonyl (C=O) groups is 2. The summed E-state index contributed by atoms with van der Waals surface area (Å²) in [5.41, 5.74) is 2.09. The molecular weight excluding hydrogens is 362 g/mol. The van der Waals surface area contributed by atoms with Crippen LogP contribution in [0.15, 0.2) is 33.3 Å². The molecule has 1 aromatic heterocycles. The monoisotopic (exact) mass is 377 g/mol. The summed E-state index contributed by atoms with van der Waals surface area (Å²) in [6.07, 6.45) is 0. The van der Waals surface area contributed by atoms with Crippen molar-refractivity contribution in [1.82, 2.24) is 10.1 Å². The third-order valence-corrected chi connectivity index (χ3v) is 4.70. The molecular formula is C16H16BrN3O3. The molecule has 0 aliphatic carbocycles. The van der Waals surface area contributed by atoms with Crippen molar-refractivity contribution in [3.05, 3.63) is 45.8 Å². The zero-order valence-corrected chi connectivity index (χ0v) is 14.4. The van der Waals surface area contributed by atoms with Crippen LogP contribution in [0.3, 0.4) is 0 Å². The minimum Gasteiger partial charge on any atom is -0.361 e. The van der Waals surface area contributed by atoms with Crippen molar-refractivity contribution in [2.45, 2.75) is 13.8 Å². The number of hydrogen-bond donors (Lipinski definition) is 1. The molecule has 0 unspecified atom stereocenters. The maximum absolute atomic E-state index is 12.2. The molecule has 1 aliphatic heterocycles. The van der Waals surface area contributed by atoms with Crippen molar-refractivity contribution in [3.8, 4) is 0 Å².